The Hall–Kier alpha value is -2.43. The Morgan fingerprint density at radius 1 is 1.13 bits per heavy atom. The lowest BCUT2D eigenvalue weighted by atomic mass is 9.93. The van der Waals surface area contributed by atoms with Gasteiger partial charge in [-0.25, -0.2) is 8.78 Å². The summed E-state index contributed by atoms with van der Waals surface area (Å²) in [5, 5.41) is 0. The predicted octanol–water partition coefficient (Wildman–Crippen LogP) is 4.23. The number of hydrogen-bond acceptors (Lipinski definition) is 2. The summed E-state index contributed by atoms with van der Waals surface area (Å²) in [5.74, 6) is -0.307. The van der Waals surface area contributed by atoms with E-state index in [1.54, 1.807) is 11.0 Å². The highest BCUT2D eigenvalue weighted by Gasteiger charge is 2.33. The van der Waals surface area contributed by atoms with Crippen LogP contribution < -0.4 is 9.64 Å². The first kappa shape index (κ1) is 15.5. The van der Waals surface area contributed by atoms with Gasteiger partial charge in [0.2, 0.25) is 5.91 Å². The Morgan fingerprint density at radius 2 is 1.78 bits per heavy atom. The molecule has 1 aliphatic rings. The first-order valence-electron chi connectivity index (χ1n) is 7.47. The summed E-state index contributed by atoms with van der Waals surface area (Å²) < 4.78 is 32.6. The molecule has 1 heterocycles. The largest absolute Gasteiger partial charge is 0.486 e. The van der Waals surface area contributed by atoms with Crippen molar-refractivity contribution >= 4 is 11.6 Å². The second-order valence-corrected chi connectivity index (χ2v) is 5.74. The van der Waals surface area contributed by atoms with Gasteiger partial charge in [0.1, 0.15) is 23.5 Å². The third kappa shape index (κ3) is 3.04. The van der Waals surface area contributed by atoms with Crippen LogP contribution in [0.1, 0.15) is 31.9 Å². The Kier molecular flexibility index (Phi) is 4.03. The zero-order chi connectivity index (χ0) is 16.6. The fourth-order valence-corrected chi connectivity index (χ4v) is 3.05. The van der Waals surface area contributed by atoms with Crippen LogP contribution in [0.5, 0.6) is 5.75 Å². The molecule has 0 aromatic heterocycles. The maximum Gasteiger partial charge on any atom is 0.224 e. The van der Waals surface area contributed by atoms with Crippen LogP contribution in [0.3, 0.4) is 0 Å². The first-order chi connectivity index (χ1) is 11.0. The highest BCUT2D eigenvalue weighted by molar-refractivity contribution is 5.93. The average molecular weight is 317 g/mol. The molecule has 2 atom stereocenters. The highest BCUT2D eigenvalue weighted by atomic mass is 19.1. The van der Waals surface area contributed by atoms with Crippen LogP contribution in [0.15, 0.2) is 42.5 Å². The van der Waals surface area contributed by atoms with Gasteiger partial charge in [-0.05, 0) is 49.4 Å². The van der Waals surface area contributed by atoms with E-state index in [4.69, 9.17) is 4.74 Å². The minimum absolute atomic E-state index is 0.0732. The van der Waals surface area contributed by atoms with E-state index in [0.717, 1.165) is 0 Å². The van der Waals surface area contributed by atoms with Crippen LogP contribution in [0.2, 0.25) is 0 Å². The highest BCUT2D eigenvalue weighted by Crippen LogP contribution is 2.40. The van der Waals surface area contributed by atoms with Crippen LogP contribution in [0, 0.1) is 11.6 Å². The fourth-order valence-electron chi connectivity index (χ4n) is 3.05. The molecule has 0 aliphatic carbocycles. The Balaban J connectivity index is 1.98. The van der Waals surface area contributed by atoms with Crippen molar-refractivity contribution in [1.82, 2.24) is 0 Å². The number of rotatable bonds is 2. The maximum atomic E-state index is 13.7. The normalized spacial score (nSPS) is 20.1. The van der Waals surface area contributed by atoms with E-state index < -0.39 is 6.10 Å². The third-order valence-electron chi connectivity index (χ3n) is 4.02. The van der Waals surface area contributed by atoms with Crippen molar-refractivity contribution in [2.75, 3.05) is 4.90 Å². The molecule has 5 heteroatoms. The van der Waals surface area contributed by atoms with Crippen molar-refractivity contribution < 1.29 is 18.3 Å². The van der Waals surface area contributed by atoms with Crippen LogP contribution in [0.25, 0.3) is 0 Å². The van der Waals surface area contributed by atoms with E-state index in [2.05, 4.69) is 0 Å². The second-order valence-electron chi connectivity index (χ2n) is 5.74. The molecule has 0 saturated heterocycles. The van der Waals surface area contributed by atoms with Gasteiger partial charge in [0, 0.05) is 24.9 Å². The Bertz CT molecular complexity index is 730. The molecule has 0 spiro atoms. The van der Waals surface area contributed by atoms with Gasteiger partial charge >= 0.3 is 0 Å². The minimum Gasteiger partial charge on any atom is -0.486 e. The molecule has 0 radical (unpaired) electrons. The number of carbonyl (C=O) groups excluding carboxylic acids is 1. The molecule has 120 valence electrons. The Morgan fingerprint density at radius 3 is 2.43 bits per heavy atom. The quantitative estimate of drug-likeness (QED) is 0.829. The van der Waals surface area contributed by atoms with Gasteiger partial charge in [0.15, 0.2) is 0 Å². The number of fused-ring (bicyclic) bond motifs is 1. The molecule has 3 rings (SSSR count). The summed E-state index contributed by atoms with van der Waals surface area (Å²) in [6.07, 6.45) is 0.143. The molecular formula is C18H17F2NO2. The van der Waals surface area contributed by atoms with Crippen LogP contribution in [0.4, 0.5) is 14.5 Å². The van der Waals surface area contributed by atoms with Crippen molar-refractivity contribution in [2.24, 2.45) is 0 Å². The molecule has 1 aliphatic heterocycles. The lowest BCUT2D eigenvalue weighted by molar-refractivity contribution is -0.117. The molecule has 2 aromatic carbocycles. The molecule has 23 heavy (non-hydrogen) atoms. The zero-order valence-electron chi connectivity index (χ0n) is 12.9. The van der Waals surface area contributed by atoms with Crippen molar-refractivity contribution in [1.29, 1.82) is 0 Å². The molecular weight excluding hydrogens is 300 g/mol. The summed E-state index contributed by atoms with van der Waals surface area (Å²) in [4.78, 5) is 13.6. The molecule has 0 fully saturated rings. The Labute approximate surface area is 133 Å². The smallest absolute Gasteiger partial charge is 0.224 e. The number of carbonyl (C=O) groups is 1. The molecule has 0 N–H and O–H groups in total. The number of hydrogen-bond donors (Lipinski definition) is 0. The summed E-state index contributed by atoms with van der Waals surface area (Å²) in [5.41, 5.74) is 1.28. The monoisotopic (exact) mass is 317 g/mol. The standard InChI is InChI=1S/C18H17F2NO2/c1-11-9-18(23-15-6-3-13(19)4-7-15)16-10-14(20)5-8-17(16)21(11)12(2)22/h3-8,10-11,18H,9H2,1-2H3. The SMILES string of the molecule is CC(=O)N1c2ccc(F)cc2C(Oc2ccc(F)cc2)CC1C. The lowest BCUT2D eigenvalue weighted by Crippen LogP contribution is -2.42. The van der Waals surface area contributed by atoms with Crippen molar-refractivity contribution in [3.63, 3.8) is 0 Å². The van der Waals surface area contributed by atoms with Gasteiger partial charge in [-0.2, -0.15) is 0 Å². The van der Waals surface area contributed by atoms with Gasteiger partial charge in [-0.1, -0.05) is 0 Å². The molecule has 0 bridgehead atoms. The predicted molar refractivity (Wildman–Crippen MR) is 83.4 cm³/mol. The molecule has 2 unspecified atom stereocenters. The lowest BCUT2D eigenvalue weighted by Gasteiger charge is -2.38. The number of ether oxygens (including phenoxy) is 1. The van der Waals surface area contributed by atoms with Gasteiger partial charge in [-0.15, -0.1) is 0 Å². The van der Waals surface area contributed by atoms with E-state index in [1.165, 1.54) is 43.3 Å². The van der Waals surface area contributed by atoms with E-state index in [1.807, 2.05) is 6.92 Å². The second kappa shape index (κ2) is 5.99. The van der Waals surface area contributed by atoms with Gasteiger partial charge < -0.3 is 9.64 Å². The summed E-state index contributed by atoms with van der Waals surface area (Å²) in [6, 6.07) is 9.96. The zero-order valence-corrected chi connectivity index (χ0v) is 12.9. The van der Waals surface area contributed by atoms with E-state index in [-0.39, 0.29) is 23.6 Å². The van der Waals surface area contributed by atoms with E-state index in [0.29, 0.717) is 23.4 Å². The van der Waals surface area contributed by atoms with Gasteiger partial charge in [0.25, 0.3) is 0 Å². The van der Waals surface area contributed by atoms with Crippen LogP contribution in [-0.2, 0) is 4.79 Å². The first-order valence-corrected chi connectivity index (χ1v) is 7.47. The fraction of sp³-hybridized carbons (Fsp3) is 0.278. The molecule has 0 saturated carbocycles. The number of anilines is 1. The van der Waals surface area contributed by atoms with Crippen molar-refractivity contribution in [2.45, 2.75) is 32.4 Å². The van der Waals surface area contributed by atoms with E-state index >= 15 is 0 Å². The van der Waals surface area contributed by atoms with Gasteiger partial charge in [-0.3, -0.25) is 4.79 Å². The van der Waals surface area contributed by atoms with E-state index in [9.17, 15) is 13.6 Å². The van der Waals surface area contributed by atoms with Crippen molar-refractivity contribution in [3.05, 3.63) is 59.7 Å². The van der Waals surface area contributed by atoms with Crippen LogP contribution >= 0.6 is 0 Å². The third-order valence-corrected chi connectivity index (χ3v) is 4.02. The van der Waals surface area contributed by atoms with Crippen molar-refractivity contribution in [3.8, 4) is 5.75 Å². The summed E-state index contributed by atoms with van der Waals surface area (Å²) in [6.45, 7) is 3.42. The molecule has 3 nitrogen and oxygen atoms in total. The minimum atomic E-state index is -0.392. The number of halogens is 2. The maximum absolute atomic E-state index is 13.7. The number of nitrogens with zero attached hydrogens (tertiary/aromatic N) is 1. The average Bonchev–Trinajstić information content (AvgIpc) is 2.49. The van der Waals surface area contributed by atoms with Gasteiger partial charge in [0.05, 0.1) is 5.69 Å². The molecule has 1 amide bonds. The number of benzene rings is 2. The van der Waals surface area contributed by atoms with Crippen LogP contribution in [-0.4, -0.2) is 11.9 Å². The molecule has 2 aromatic rings. The summed E-state index contributed by atoms with van der Waals surface area (Å²) in [7, 11) is 0. The number of amides is 1. The topological polar surface area (TPSA) is 29.5 Å². The summed E-state index contributed by atoms with van der Waals surface area (Å²) >= 11 is 0.